The van der Waals surface area contributed by atoms with Crippen LogP contribution in [-0.2, 0) is 21.4 Å². The first kappa shape index (κ1) is 16.8. The summed E-state index contributed by atoms with van der Waals surface area (Å²) in [6.45, 7) is 0. The molecule has 2 atom stereocenters. The SMILES string of the molecule is COc1cc(C23Nc4nc5nc[nH]c5c(=O)n4C2(O)OO3)cc(OC)c1OC. The molecule has 2 aliphatic rings. The van der Waals surface area contributed by atoms with Crippen LogP contribution in [0.25, 0.3) is 11.2 Å². The number of rotatable bonds is 4. The number of aromatic amines is 1. The molecule has 1 saturated heterocycles. The van der Waals surface area contributed by atoms with Gasteiger partial charge >= 0.3 is 5.91 Å². The normalized spacial score (nSPS) is 24.9. The van der Waals surface area contributed by atoms with E-state index >= 15 is 0 Å². The molecule has 28 heavy (non-hydrogen) atoms. The Morgan fingerprint density at radius 1 is 1.14 bits per heavy atom. The van der Waals surface area contributed by atoms with Gasteiger partial charge in [-0.3, -0.25) is 4.79 Å². The molecule has 12 heteroatoms. The monoisotopic (exact) mass is 389 g/mol. The van der Waals surface area contributed by atoms with Crippen molar-refractivity contribution in [2.24, 2.45) is 0 Å². The molecule has 2 aromatic heterocycles. The van der Waals surface area contributed by atoms with E-state index in [0.717, 1.165) is 4.57 Å². The fourth-order valence-corrected chi connectivity index (χ4v) is 3.50. The Morgan fingerprint density at radius 2 is 1.86 bits per heavy atom. The number of benzene rings is 1. The molecule has 0 aliphatic carbocycles. The van der Waals surface area contributed by atoms with Gasteiger partial charge in [-0.2, -0.15) is 14.8 Å². The zero-order chi connectivity index (χ0) is 19.7. The molecule has 2 aliphatic heterocycles. The maximum Gasteiger partial charge on any atom is 0.345 e. The molecule has 5 rings (SSSR count). The first-order chi connectivity index (χ1) is 13.5. The van der Waals surface area contributed by atoms with Crippen molar-refractivity contribution >= 4 is 17.1 Å². The van der Waals surface area contributed by atoms with Gasteiger partial charge in [-0.25, -0.2) is 9.55 Å². The number of anilines is 1. The predicted molar refractivity (Wildman–Crippen MR) is 91.9 cm³/mol. The van der Waals surface area contributed by atoms with Gasteiger partial charge in [0.25, 0.3) is 11.3 Å². The second kappa shape index (κ2) is 5.34. The zero-order valence-electron chi connectivity index (χ0n) is 15.0. The lowest BCUT2D eigenvalue weighted by Gasteiger charge is -2.47. The minimum absolute atomic E-state index is 0.0263. The standard InChI is InChI=1S/C16H15N5O7/c1-24-8-4-7(5-9(25-2)11(8)26-3)15-16(23,28-27-15)21-13(22)10-12(18-6-17-10)19-14(21)20-15/h4-6,23H,1-3H3,(H,17,18)(H,19,20). The summed E-state index contributed by atoms with van der Waals surface area (Å²) in [6.07, 6.45) is 1.34. The number of ether oxygens (including phenoxy) is 3. The molecule has 0 spiro atoms. The van der Waals surface area contributed by atoms with E-state index in [9.17, 15) is 9.90 Å². The van der Waals surface area contributed by atoms with Crippen molar-refractivity contribution in [2.75, 3.05) is 26.6 Å². The van der Waals surface area contributed by atoms with E-state index in [-0.39, 0.29) is 17.1 Å². The van der Waals surface area contributed by atoms with Crippen molar-refractivity contribution in [3.8, 4) is 17.2 Å². The third-order valence-electron chi connectivity index (χ3n) is 4.86. The van der Waals surface area contributed by atoms with Crippen LogP contribution in [0, 0.1) is 0 Å². The van der Waals surface area contributed by atoms with E-state index < -0.39 is 17.2 Å². The van der Waals surface area contributed by atoms with Crippen LogP contribution in [0.3, 0.4) is 0 Å². The summed E-state index contributed by atoms with van der Waals surface area (Å²) >= 11 is 0. The predicted octanol–water partition coefficient (Wildman–Crippen LogP) is -0.0117. The first-order valence-electron chi connectivity index (χ1n) is 8.13. The third-order valence-corrected chi connectivity index (χ3v) is 4.86. The molecule has 2 unspecified atom stereocenters. The van der Waals surface area contributed by atoms with E-state index in [4.69, 9.17) is 24.0 Å². The molecule has 1 aromatic carbocycles. The van der Waals surface area contributed by atoms with Crippen LogP contribution in [0.2, 0.25) is 0 Å². The minimum Gasteiger partial charge on any atom is -0.493 e. The van der Waals surface area contributed by atoms with Crippen molar-refractivity contribution < 1.29 is 29.1 Å². The average Bonchev–Trinajstić information content (AvgIpc) is 3.23. The van der Waals surface area contributed by atoms with E-state index in [0.29, 0.717) is 22.8 Å². The van der Waals surface area contributed by atoms with Crippen molar-refractivity contribution in [3.05, 3.63) is 34.4 Å². The van der Waals surface area contributed by atoms with Gasteiger partial charge in [0.1, 0.15) is 0 Å². The molecular formula is C16H15N5O7. The van der Waals surface area contributed by atoms with Crippen LogP contribution < -0.4 is 25.1 Å². The molecular weight excluding hydrogens is 374 g/mol. The molecule has 0 amide bonds. The maximum atomic E-state index is 12.8. The van der Waals surface area contributed by atoms with Gasteiger partial charge in [0.15, 0.2) is 22.7 Å². The summed E-state index contributed by atoms with van der Waals surface area (Å²) in [5.74, 6) is -1.15. The first-order valence-corrected chi connectivity index (χ1v) is 8.13. The van der Waals surface area contributed by atoms with Crippen LogP contribution in [0.4, 0.5) is 5.95 Å². The third kappa shape index (κ3) is 1.76. The Balaban J connectivity index is 1.74. The number of imidazole rings is 1. The minimum atomic E-state index is -2.20. The highest BCUT2D eigenvalue weighted by molar-refractivity contribution is 5.71. The number of fused-ring (bicyclic) bond motifs is 4. The van der Waals surface area contributed by atoms with Gasteiger partial charge in [0, 0.05) is 5.56 Å². The summed E-state index contributed by atoms with van der Waals surface area (Å²) in [6, 6.07) is 3.14. The number of aliphatic hydroxyl groups is 1. The number of hydrogen-bond donors (Lipinski definition) is 3. The Hall–Kier alpha value is -3.35. The summed E-state index contributed by atoms with van der Waals surface area (Å²) in [7, 11) is 4.39. The number of hydrogen-bond acceptors (Lipinski definition) is 10. The van der Waals surface area contributed by atoms with Gasteiger partial charge < -0.3 is 29.6 Å². The van der Waals surface area contributed by atoms with E-state index in [1.54, 1.807) is 12.1 Å². The smallest absolute Gasteiger partial charge is 0.345 e. The fraction of sp³-hybridized carbons (Fsp3) is 0.312. The number of aromatic nitrogens is 4. The van der Waals surface area contributed by atoms with Crippen molar-refractivity contribution in [3.63, 3.8) is 0 Å². The number of methoxy groups -OCH3 is 3. The topological polar surface area (TPSA) is 142 Å². The highest BCUT2D eigenvalue weighted by Crippen LogP contribution is 2.56. The summed E-state index contributed by atoms with van der Waals surface area (Å²) in [5.41, 5.74) is -1.58. The van der Waals surface area contributed by atoms with Crippen LogP contribution in [0.15, 0.2) is 23.3 Å². The van der Waals surface area contributed by atoms with E-state index in [2.05, 4.69) is 20.3 Å². The largest absolute Gasteiger partial charge is 0.493 e. The molecule has 0 bridgehead atoms. The lowest BCUT2D eigenvalue weighted by atomic mass is 9.97. The van der Waals surface area contributed by atoms with Crippen LogP contribution >= 0.6 is 0 Å². The highest BCUT2D eigenvalue weighted by atomic mass is 17.3. The second-order valence-corrected chi connectivity index (χ2v) is 6.17. The molecule has 4 heterocycles. The van der Waals surface area contributed by atoms with Gasteiger partial charge in [-0.05, 0) is 12.1 Å². The van der Waals surface area contributed by atoms with Gasteiger partial charge in [-0.1, -0.05) is 0 Å². The quantitative estimate of drug-likeness (QED) is 0.521. The van der Waals surface area contributed by atoms with Crippen molar-refractivity contribution in [1.29, 1.82) is 0 Å². The molecule has 12 nitrogen and oxygen atoms in total. The fourth-order valence-electron chi connectivity index (χ4n) is 3.50. The summed E-state index contributed by atoms with van der Waals surface area (Å²) in [4.78, 5) is 34.1. The summed E-state index contributed by atoms with van der Waals surface area (Å²) < 4.78 is 17.0. The molecule has 0 saturated carbocycles. The molecule has 3 aromatic rings. The number of H-pyrrole nitrogens is 1. The Labute approximate surface area is 156 Å². The molecule has 3 N–H and O–H groups in total. The Bertz CT molecular complexity index is 1150. The van der Waals surface area contributed by atoms with Crippen LogP contribution in [-0.4, -0.2) is 46.0 Å². The second-order valence-electron chi connectivity index (χ2n) is 6.17. The average molecular weight is 389 g/mol. The lowest BCUT2D eigenvalue weighted by molar-refractivity contribution is -0.634. The van der Waals surface area contributed by atoms with E-state index in [1.165, 1.54) is 27.7 Å². The van der Waals surface area contributed by atoms with Gasteiger partial charge in [0.2, 0.25) is 11.7 Å². The number of nitrogens with zero attached hydrogens (tertiary/aromatic N) is 3. The molecule has 1 fully saturated rings. The lowest BCUT2D eigenvalue weighted by Crippen LogP contribution is -2.66. The molecule has 0 radical (unpaired) electrons. The van der Waals surface area contributed by atoms with Crippen molar-refractivity contribution in [2.45, 2.75) is 11.6 Å². The van der Waals surface area contributed by atoms with Gasteiger partial charge in [-0.15, -0.1) is 0 Å². The Kier molecular flexibility index (Phi) is 3.21. The van der Waals surface area contributed by atoms with E-state index in [1.807, 2.05) is 0 Å². The van der Waals surface area contributed by atoms with Crippen LogP contribution in [0.1, 0.15) is 5.56 Å². The zero-order valence-corrected chi connectivity index (χ0v) is 15.0. The Morgan fingerprint density at radius 3 is 2.43 bits per heavy atom. The van der Waals surface area contributed by atoms with Crippen molar-refractivity contribution in [1.82, 2.24) is 19.5 Å². The molecule has 146 valence electrons. The summed E-state index contributed by atoms with van der Waals surface area (Å²) in [5, 5.41) is 14.1. The maximum absolute atomic E-state index is 12.8. The van der Waals surface area contributed by atoms with Gasteiger partial charge in [0.05, 0.1) is 27.7 Å². The number of nitrogens with one attached hydrogen (secondary N) is 2. The van der Waals surface area contributed by atoms with Crippen LogP contribution in [0.5, 0.6) is 17.2 Å². The highest BCUT2D eigenvalue weighted by Gasteiger charge is 2.73.